The van der Waals surface area contributed by atoms with Crippen molar-refractivity contribution in [2.75, 3.05) is 0 Å². The van der Waals surface area contributed by atoms with E-state index < -0.39 is 5.97 Å². The molecule has 2 aromatic rings. The van der Waals surface area contributed by atoms with Crippen molar-refractivity contribution in [3.05, 3.63) is 70.7 Å². The Kier molecular flexibility index (Phi) is 3.80. The van der Waals surface area contributed by atoms with E-state index in [2.05, 4.69) is 0 Å². The number of benzene rings is 2. The summed E-state index contributed by atoms with van der Waals surface area (Å²) in [4.78, 5) is 11.2. The Balaban J connectivity index is 2.50. The first kappa shape index (κ1) is 12.4. The van der Waals surface area contributed by atoms with Crippen LogP contribution in [-0.4, -0.2) is 5.97 Å². The summed E-state index contributed by atoms with van der Waals surface area (Å²) >= 11 is 6.00. The van der Waals surface area contributed by atoms with E-state index in [1.165, 1.54) is 6.08 Å². The minimum atomic E-state index is -1.22. The Labute approximate surface area is 110 Å². The topological polar surface area (TPSA) is 40.1 Å². The van der Waals surface area contributed by atoms with Gasteiger partial charge in [-0.05, 0) is 23.3 Å². The van der Waals surface area contributed by atoms with E-state index in [-0.39, 0.29) is 5.57 Å². The van der Waals surface area contributed by atoms with E-state index in [4.69, 9.17) is 11.6 Å². The molecule has 0 aliphatic rings. The molecule has 0 spiro atoms. The number of rotatable bonds is 3. The molecule has 18 heavy (non-hydrogen) atoms. The minimum Gasteiger partial charge on any atom is -0.545 e. The van der Waals surface area contributed by atoms with Crippen LogP contribution in [0.1, 0.15) is 11.1 Å². The lowest BCUT2D eigenvalue weighted by molar-refractivity contribution is -0.295. The molecule has 2 aromatic carbocycles. The fourth-order valence-electron chi connectivity index (χ4n) is 1.63. The Morgan fingerprint density at radius 1 is 1.00 bits per heavy atom. The number of carbonyl (C=O) groups is 1. The van der Waals surface area contributed by atoms with Crippen molar-refractivity contribution in [2.24, 2.45) is 0 Å². The second-order valence-electron chi connectivity index (χ2n) is 3.73. The zero-order valence-electron chi connectivity index (χ0n) is 9.47. The van der Waals surface area contributed by atoms with Gasteiger partial charge < -0.3 is 9.90 Å². The Bertz CT molecular complexity index is 588. The van der Waals surface area contributed by atoms with Gasteiger partial charge in [0.2, 0.25) is 0 Å². The van der Waals surface area contributed by atoms with Crippen molar-refractivity contribution >= 4 is 29.2 Å². The highest BCUT2D eigenvalue weighted by Gasteiger charge is 2.04. The van der Waals surface area contributed by atoms with Crippen molar-refractivity contribution in [3.63, 3.8) is 0 Å². The van der Waals surface area contributed by atoms with Crippen LogP contribution < -0.4 is 5.11 Å². The average molecular weight is 258 g/mol. The van der Waals surface area contributed by atoms with E-state index in [0.29, 0.717) is 16.1 Å². The fourth-order valence-corrected chi connectivity index (χ4v) is 1.82. The molecule has 90 valence electrons. The van der Waals surface area contributed by atoms with Crippen molar-refractivity contribution < 1.29 is 9.90 Å². The predicted molar refractivity (Wildman–Crippen MR) is 70.8 cm³/mol. The molecule has 0 aliphatic carbocycles. The second kappa shape index (κ2) is 5.52. The van der Waals surface area contributed by atoms with Crippen molar-refractivity contribution in [1.29, 1.82) is 0 Å². The van der Waals surface area contributed by atoms with Crippen LogP contribution in [0.5, 0.6) is 0 Å². The van der Waals surface area contributed by atoms with Gasteiger partial charge in [0, 0.05) is 10.6 Å². The smallest absolute Gasteiger partial charge is 0.0721 e. The molecule has 2 nitrogen and oxygen atoms in total. The lowest BCUT2D eigenvalue weighted by atomic mass is 10.0. The zero-order valence-corrected chi connectivity index (χ0v) is 10.2. The van der Waals surface area contributed by atoms with Gasteiger partial charge in [-0.1, -0.05) is 60.1 Å². The Morgan fingerprint density at radius 3 is 2.22 bits per heavy atom. The molecular formula is C15H10ClO2-. The number of carboxylic acid groups (broad SMARTS) is 1. The largest absolute Gasteiger partial charge is 0.545 e. The number of hydrogen-bond acceptors (Lipinski definition) is 2. The number of halogens is 1. The number of carboxylic acids is 1. The first-order chi connectivity index (χ1) is 8.68. The monoisotopic (exact) mass is 257 g/mol. The molecule has 0 saturated heterocycles. The summed E-state index contributed by atoms with van der Waals surface area (Å²) in [7, 11) is 0. The molecule has 0 atom stereocenters. The number of hydrogen-bond donors (Lipinski definition) is 0. The molecule has 3 heteroatoms. The van der Waals surface area contributed by atoms with Gasteiger partial charge in [-0.15, -0.1) is 0 Å². The molecule has 0 unspecified atom stereocenters. The highest BCUT2D eigenvalue weighted by molar-refractivity contribution is 6.33. The SMILES string of the molecule is O=C([O-])/C(=C/c1ccccc1Cl)c1ccccc1. The van der Waals surface area contributed by atoms with Gasteiger partial charge in [0.1, 0.15) is 0 Å². The van der Waals surface area contributed by atoms with Crippen molar-refractivity contribution in [3.8, 4) is 0 Å². The molecule has 0 bridgehead atoms. The third-order valence-electron chi connectivity index (χ3n) is 2.51. The van der Waals surface area contributed by atoms with Gasteiger partial charge in [-0.2, -0.15) is 0 Å². The molecule has 0 amide bonds. The summed E-state index contributed by atoms with van der Waals surface area (Å²) in [5.41, 5.74) is 1.36. The van der Waals surface area contributed by atoms with Gasteiger partial charge in [-0.3, -0.25) is 0 Å². The Hall–Kier alpha value is -2.06. The van der Waals surface area contributed by atoms with Crippen molar-refractivity contribution in [2.45, 2.75) is 0 Å². The summed E-state index contributed by atoms with van der Waals surface area (Å²) in [6, 6.07) is 15.9. The lowest BCUT2D eigenvalue weighted by Crippen LogP contribution is -2.23. The Morgan fingerprint density at radius 2 is 1.61 bits per heavy atom. The number of aliphatic carboxylic acids is 1. The quantitative estimate of drug-likeness (QED) is 0.626. The van der Waals surface area contributed by atoms with E-state index in [0.717, 1.165) is 0 Å². The summed E-state index contributed by atoms with van der Waals surface area (Å²) < 4.78 is 0. The first-order valence-corrected chi connectivity index (χ1v) is 5.79. The molecule has 0 heterocycles. The van der Waals surface area contributed by atoms with Crippen LogP contribution in [0.4, 0.5) is 0 Å². The fraction of sp³-hybridized carbons (Fsp3) is 0. The molecule has 0 fully saturated rings. The maximum Gasteiger partial charge on any atom is 0.0721 e. The van der Waals surface area contributed by atoms with E-state index in [1.807, 2.05) is 6.07 Å². The van der Waals surface area contributed by atoms with Crippen LogP contribution in [0.15, 0.2) is 54.6 Å². The molecule has 0 N–H and O–H groups in total. The van der Waals surface area contributed by atoms with Gasteiger partial charge >= 0.3 is 0 Å². The van der Waals surface area contributed by atoms with Crippen LogP contribution in [0.2, 0.25) is 5.02 Å². The van der Waals surface area contributed by atoms with Gasteiger partial charge in [0.25, 0.3) is 0 Å². The lowest BCUT2D eigenvalue weighted by Gasteiger charge is -2.09. The molecule has 0 saturated carbocycles. The summed E-state index contributed by atoms with van der Waals surface area (Å²) in [6.45, 7) is 0. The molecule has 0 aromatic heterocycles. The third-order valence-corrected chi connectivity index (χ3v) is 2.85. The molecule has 0 radical (unpaired) electrons. The van der Waals surface area contributed by atoms with E-state index >= 15 is 0 Å². The van der Waals surface area contributed by atoms with Crippen LogP contribution >= 0.6 is 11.6 Å². The third kappa shape index (κ3) is 2.79. The molecule has 0 aliphatic heterocycles. The van der Waals surface area contributed by atoms with Crippen molar-refractivity contribution in [1.82, 2.24) is 0 Å². The first-order valence-electron chi connectivity index (χ1n) is 5.41. The molecular weight excluding hydrogens is 248 g/mol. The standard InChI is InChI=1S/C15H11ClO2/c16-14-9-5-4-8-12(14)10-13(15(17)18)11-6-2-1-3-7-11/h1-10H,(H,17,18)/p-1/b13-10+. The molecule has 2 rings (SSSR count). The average Bonchev–Trinajstić information content (AvgIpc) is 2.38. The normalized spacial score (nSPS) is 11.3. The van der Waals surface area contributed by atoms with Gasteiger partial charge in [0.15, 0.2) is 0 Å². The summed E-state index contributed by atoms with van der Waals surface area (Å²) in [6.07, 6.45) is 1.52. The minimum absolute atomic E-state index is 0.115. The highest BCUT2D eigenvalue weighted by Crippen LogP contribution is 2.22. The summed E-state index contributed by atoms with van der Waals surface area (Å²) in [5.74, 6) is -1.22. The maximum atomic E-state index is 11.2. The van der Waals surface area contributed by atoms with Gasteiger partial charge in [-0.25, -0.2) is 0 Å². The van der Waals surface area contributed by atoms with E-state index in [9.17, 15) is 9.90 Å². The van der Waals surface area contributed by atoms with Gasteiger partial charge in [0.05, 0.1) is 5.97 Å². The van der Waals surface area contributed by atoms with Crippen LogP contribution in [0.25, 0.3) is 11.6 Å². The van der Waals surface area contributed by atoms with Crippen LogP contribution in [0.3, 0.4) is 0 Å². The van der Waals surface area contributed by atoms with Crippen LogP contribution in [-0.2, 0) is 4.79 Å². The second-order valence-corrected chi connectivity index (χ2v) is 4.14. The summed E-state index contributed by atoms with van der Waals surface area (Å²) in [5, 5.41) is 11.7. The predicted octanol–water partition coefficient (Wildman–Crippen LogP) is 2.63. The zero-order chi connectivity index (χ0) is 13.0. The number of carbonyl (C=O) groups excluding carboxylic acids is 1. The van der Waals surface area contributed by atoms with Crippen LogP contribution in [0, 0.1) is 0 Å². The highest BCUT2D eigenvalue weighted by atomic mass is 35.5. The van der Waals surface area contributed by atoms with E-state index in [1.54, 1.807) is 48.5 Å². The maximum absolute atomic E-state index is 11.2.